The molecule has 0 bridgehead atoms. The van der Waals surface area contributed by atoms with Crippen molar-refractivity contribution in [2.75, 3.05) is 0 Å². The highest BCUT2D eigenvalue weighted by Gasteiger charge is 2.12. The smallest absolute Gasteiger partial charge is 0.0101 e. The van der Waals surface area contributed by atoms with Crippen molar-refractivity contribution in [3.63, 3.8) is 0 Å². The van der Waals surface area contributed by atoms with E-state index in [2.05, 4.69) is 43.3 Å². The van der Waals surface area contributed by atoms with Crippen LogP contribution in [0.3, 0.4) is 0 Å². The first-order valence-corrected chi connectivity index (χ1v) is 5.85. The second-order valence-electron chi connectivity index (χ2n) is 3.98. The quantitative estimate of drug-likeness (QED) is 0.705. The maximum atomic E-state index is 3.33. The van der Waals surface area contributed by atoms with Crippen LogP contribution >= 0.6 is 0 Å². The Balaban J connectivity index is 2.31. The van der Waals surface area contributed by atoms with E-state index in [1.54, 1.807) is 0 Å². The first-order valence-electron chi connectivity index (χ1n) is 5.85. The molecule has 0 atom stereocenters. The minimum Gasteiger partial charge on any atom is -0.0653 e. The van der Waals surface area contributed by atoms with E-state index in [0.29, 0.717) is 5.92 Å². The van der Waals surface area contributed by atoms with Crippen LogP contribution in [0.2, 0.25) is 0 Å². The number of benzene rings is 2. The second kappa shape index (κ2) is 5.50. The zero-order valence-corrected chi connectivity index (χ0v) is 9.61. The van der Waals surface area contributed by atoms with E-state index in [0.717, 1.165) is 6.42 Å². The normalized spacial score (nSPS) is 10.6. The van der Waals surface area contributed by atoms with Crippen molar-refractivity contribution in [2.45, 2.75) is 25.7 Å². The van der Waals surface area contributed by atoms with Gasteiger partial charge in [0.2, 0.25) is 0 Å². The zero-order valence-electron chi connectivity index (χ0n) is 9.61. The van der Waals surface area contributed by atoms with Crippen molar-refractivity contribution in [2.24, 2.45) is 0 Å². The lowest BCUT2D eigenvalue weighted by atomic mass is 9.88. The highest BCUT2D eigenvalue weighted by molar-refractivity contribution is 5.30. The van der Waals surface area contributed by atoms with Gasteiger partial charge in [-0.2, -0.15) is 0 Å². The lowest BCUT2D eigenvalue weighted by molar-refractivity contribution is 0.697. The molecule has 2 radical (unpaired) electrons. The van der Waals surface area contributed by atoms with E-state index < -0.39 is 0 Å². The summed E-state index contributed by atoms with van der Waals surface area (Å²) in [4.78, 5) is 0. The molecule has 0 nitrogen and oxygen atoms in total. The van der Waals surface area contributed by atoms with E-state index in [1.165, 1.54) is 17.5 Å². The van der Waals surface area contributed by atoms with Gasteiger partial charge in [0.05, 0.1) is 0 Å². The molecule has 0 heterocycles. The Bertz CT molecular complexity index is 363. The molecule has 2 aromatic rings. The van der Waals surface area contributed by atoms with Gasteiger partial charge in [-0.15, -0.1) is 0 Å². The molecule has 0 saturated heterocycles. The predicted molar refractivity (Wildman–Crippen MR) is 67.3 cm³/mol. The molecule has 0 spiro atoms. The molecule has 0 aliphatic heterocycles. The second-order valence-corrected chi connectivity index (χ2v) is 3.98. The summed E-state index contributed by atoms with van der Waals surface area (Å²) in [6, 6.07) is 23.1. The van der Waals surface area contributed by atoms with Crippen LogP contribution in [-0.4, -0.2) is 0 Å². The van der Waals surface area contributed by atoms with Crippen LogP contribution in [0.5, 0.6) is 0 Å². The third kappa shape index (κ3) is 2.52. The summed E-state index contributed by atoms with van der Waals surface area (Å²) in [5.41, 5.74) is 2.54. The third-order valence-corrected chi connectivity index (χ3v) is 2.79. The summed E-state index contributed by atoms with van der Waals surface area (Å²) in [7, 11) is 0. The van der Waals surface area contributed by atoms with Crippen molar-refractivity contribution in [1.29, 1.82) is 0 Å². The molecular formula is C16H16. The third-order valence-electron chi connectivity index (χ3n) is 2.79. The minimum atomic E-state index is 0.437. The lowest BCUT2D eigenvalue weighted by Crippen LogP contribution is -2.00. The van der Waals surface area contributed by atoms with E-state index in [9.17, 15) is 0 Å². The Morgan fingerprint density at radius 3 is 1.88 bits per heavy atom. The van der Waals surface area contributed by atoms with Crippen molar-refractivity contribution in [1.82, 2.24) is 0 Å². The number of hydrogen-bond acceptors (Lipinski definition) is 0. The molecular weight excluding hydrogens is 192 g/mol. The van der Waals surface area contributed by atoms with Crippen LogP contribution in [0.1, 0.15) is 36.8 Å². The van der Waals surface area contributed by atoms with Gasteiger partial charge in [0.15, 0.2) is 0 Å². The molecule has 0 N–H and O–H groups in total. The van der Waals surface area contributed by atoms with E-state index in [-0.39, 0.29) is 0 Å². The Hall–Kier alpha value is -1.56. The van der Waals surface area contributed by atoms with Crippen molar-refractivity contribution >= 4 is 0 Å². The SMILES string of the molecule is CCCC(c1[c]cccc1)c1[c]cccc1. The maximum absolute atomic E-state index is 3.33. The van der Waals surface area contributed by atoms with Crippen molar-refractivity contribution < 1.29 is 0 Å². The molecule has 0 amide bonds. The van der Waals surface area contributed by atoms with Crippen LogP contribution in [0, 0.1) is 12.1 Å². The van der Waals surface area contributed by atoms with Crippen LogP contribution in [0.25, 0.3) is 0 Å². The van der Waals surface area contributed by atoms with Gasteiger partial charge in [0.25, 0.3) is 0 Å². The molecule has 16 heavy (non-hydrogen) atoms. The molecule has 0 aliphatic carbocycles. The van der Waals surface area contributed by atoms with E-state index in [4.69, 9.17) is 0 Å². The Morgan fingerprint density at radius 2 is 1.50 bits per heavy atom. The summed E-state index contributed by atoms with van der Waals surface area (Å²) >= 11 is 0. The first-order chi connectivity index (χ1) is 7.92. The molecule has 0 aliphatic rings. The first kappa shape index (κ1) is 10.9. The lowest BCUT2D eigenvalue weighted by Gasteiger charge is -2.16. The number of rotatable bonds is 4. The van der Waals surface area contributed by atoms with Gasteiger partial charge in [0, 0.05) is 5.92 Å². The van der Waals surface area contributed by atoms with Gasteiger partial charge in [-0.3, -0.25) is 0 Å². The average Bonchev–Trinajstić information content (AvgIpc) is 2.38. The highest BCUT2D eigenvalue weighted by Crippen LogP contribution is 2.27. The standard InChI is InChI=1S/C16H16/c1-2-9-16(14-10-5-3-6-11-14)15-12-7-4-8-13-15/h3-8,10,12,16H,2,9H2,1H3. The van der Waals surface area contributed by atoms with Crippen molar-refractivity contribution in [3.8, 4) is 0 Å². The number of hydrogen-bond donors (Lipinski definition) is 0. The predicted octanol–water partition coefficient (Wildman–Crippen LogP) is 4.22. The maximum Gasteiger partial charge on any atom is 0.0101 e. The molecule has 2 rings (SSSR count). The Morgan fingerprint density at radius 1 is 0.938 bits per heavy atom. The van der Waals surface area contributed by atoms with E-state index >= 15 is 0 Å². The average molecular weight is 208 g/mol. The van der Waals surface area contributed by atoms with Crippen LogP contribution in [-0.2, 0) is 0 Å². The van der Waals surface area contributed by atoms with Gasteiger partial charge < -0.3 is 0 Å². The largest absolute Gasteiger partial charge is 0.0653 e. The highest BCUT2D eigenvalue weighted by atomic mass is 14.2. The topological polar surface area (TPSA) is 0 Å². The van der Waals surface area contributed by atoms with Gasteiger partial charge in [-0.05, 0) is 29.7 Å². The van der Waals surface area contributed by atoms with Gasteiger partial charge in [-0.1, -0.05) is 61.9 Å². The monoisotopic (exact) mass is 208 g/mol. The van der Waals surface area contributed by atoms with Crippen LogP contribution in [0.4, 0.5) is 0 Å². The molecule has 2 aromatic carbocycles. The summed E-state index contributed by atoms with van der Waals surface area (Å²) in [6.45, 7) is 2.22. The molecule has 0 unspecified atom stereocenters. The van der Waals surface area contributed by atoms with Crippen LogP contribution in [0.15, 0.2) is 48.5 Å². The Kier molecular flexibility index (Phi) is 3.76. The summed E-state index contributed by atoms with van der Waals surface area (Å²) in [5.74, 6) is 0.437. The van der Waals surface area contributed by atoms with E-state index in [1.807, 2.05) is 24.3 Å². The van der Waals surface area contributed by atoms with Gasteiger partial charge >= 0.3 is 0 Å². The van der Waals surface area contributed by atoms with Crippen LogP contribution < -0.4 is 0 Å². The summed E-state index contributed by atoms with van der Waals surface area (Å²) in [6.07, 6.45) is 2.33. The zero-order chi connectivity index (χ0) is 11.2. The molecule has 0 heteroatoms. The molecule has 0 saturated carbocycles. The summed E-state index contributed by atoms with van der Waals surface area (Å²) in [5, 5.41) is 0. The fourth-order valence-electron chi connectivity index (χ4n) is 2.02. The fourth-order valence-corrected chi connectivity index (χ4v) is 2.02. The fraction of sp³-hybridized carbons (Fsp3) is 0.250. The molecule has 0 aromatic heterocycles. The molecule has 0 fully saturated rings. The Labute approximate surface area is 97.9 Å². The van der Waals surface area contributed by atoms with Gasteiger partial charge in [0.1, 0.15) is 0 Å². The minimum absolute atomic E-state index is 0.437. The van der Waals surface area contributed by atoms with Crippen molar-refractivity contribution in [3.05, 3.63) is 71.8 Å². The van der Waals surface area contributed by atoms with Gasteiger partial charge in [-0.25, -0.2) is 0 Å². The summed E-state index contributed by atoms with van der Waals surface area (Å²) < 4.78 is 0. The molecule has 80 valence electrons.